The van der Waals surface area contributed by atoms with Gasteiger partial charge in [0.1, 0.15) is 4.83 Å². The van der Waals surface area contributed by atoms with Gasteiger partial charge in [0.05, 0.1) is 16.3 Å². The number of carbonyl (C=O) groups is 1. The first-order chi connectivity index (χ1) is 16.5. The zero-order valence-corrected chi connectivity index (χ0v) is 21.0. The fraction of sp³-hybridized carbons (Fsp3) is 0.296. The number of amides is 1. The number of fused-ring (bicyclic) bond motifs is 3. The van der Waals surface area contributed by atoms with Crippen LogP contribution in [0.15, 0.2) is 64.5 Å². The Morgan fingerprint density at radius 2 is 1.94 bits per heavy atom. The Morgan fingerprint density at radius 1 is 1.15 bits per heavy atom. The molecule has 0 fully saturated rings. The van der Waals surface area contributed by atoms with Crippen LogP contribution in [0.2, 0.25) is 0 Å². The highest BCUT2D eigenvalue weighted by Gasteiger charge is 2.25. The summed E-state index contributed by atoms with van der Waals surface area (Å²) in [5, 5.41) is 3.92. The largest absolute Gasteiger partial charge is 0.351 e. The summed E-state index contributed by atoms with van der Waals surface area (Å²) in [6.45, 7) is 4.35. The summed E-state index contributed by atoms with van der Waals surface area (Å²) >= 11 is 2.98. The van der Waals surface area contributed by atoms with E-state index in [-0.39, 0.29) is 11.5 Å². The van der Waals surface area contributed by atoms with E-state index in [0.29, 0.717) is 11.7 Å². The lowest BCUT2D eigenvalue weighted by molar-refractivity contribution is -0.120. The number of thioether (sulfide) groups is 1. The van der Waals surface area contributed by atoms with Crippen molar-refractivity contribution in [3.05, 3.63) is 86.5 Å². The van der Waals surface area contributed by atoms with Crippen molar-refractivity contribution in [3.63, 3.8) is 0 Å². The van der Waals surface area contributed by atoms with Gasteiger partial charge in [0.25, 0.3) is 5.56 Å². The molecule has 5 nitrogen and oxygen atoms in total. The molecular weight excluding hydrogens is 462 g/mol. The standard InChI is InChI=1S/C27H27N3O2S2/c1-17-9-8-12-20(15-17)30-26(32)23-21-13-6-7-14-22(21)34-25(23)29-27(30)33-18(2)24(31)28-16-19-10-4-3-5-11-19/h3-5,8-12,15,18H,6-7,13-14,16H2,1-2H3,(H,28,31). The predicted molar refractivity (Wildman–Crippen MR) is 140 cm³/mol. The van der Waals surface area contributed by atoms with E-state index in [0.717, 1.165) is 52.7 Å². The Balaban J connectivity index is 1.52. The normalized spacial score (nSPS) is 14.1. The van der Waals surface area contributed by atoms with Gasteiger partial charge < -0.3 is 5.32 Å². The first kappa shape index (κ1) is 22.9. The summed E-state index contributed by atoms with van der Waals surface area (Å²) < 4.78 is 1.70. The van der Waals surface area contributed by atoms with Crippen LogP contribution in [0, 0.1) is 6.92 Å². The number of nitrogens with zero attached hydrogens (tertiary/aromatic N) is 2. The molecule has 174 valence electrons. The average molecular weight is 490 g/mol. The van der Waals surface area contributed by atoms with Crippen molar-refractivity contribution in [2.45, 2.75) is 56.5 Å². The number of aromatic nitrogens is 2. The topological polar surface area (TPSA) is 64.0 Å². The Labute approximate surface area is 207 Å². The molecule has 34 heavy (non-hydrogen) atoms. The Hall–Kier alpha value is -2.90. The van der Waals surface area contributed by atoms with Crippen molar-refractivity contribution in [1.82, 2.24) is 14.9 Å². The van der Waals surface area contributed by atoms with Crippen LogP contribution in [0.25, 0.3) is 15.9 Å². The van der Waals surface area contributed by atoms with Crippen molar-refractivity contribution in [2.75, 3.05) is 0 Å². The number of hydrogen-bond acceptors (Lipinski definition) is 5. The first-order valence-corrected chi connectivity index (χ1v) is 13.3. The Morgan fingerprint density at radius 3 is 2.74 bits per heavy atom. The predicted octanol–water partition coefficient (Wildman–Crippen LogP) is 5.43. The summed E-state index contributed by atoms with van der Waals surface area (Å²) in [6, 6.07) is 17.7. The van der Waals surface area contributed by atoms with Gasteiger partial charge in [-0.15, -0.1) is 11.3 Å². The zero-order valence-electron chi connectivity index (χ0n) is 19.3. The van der Waals surface area contributed by atoms with Crippen LogP contribution in [0.3, 0.4) is 0 Å². The van der Waals surface area contributed by atoms with E-state index >= 15 is 0 Å². The lowest BCUT2D eigenvalue weighted by atomic mass is 9.97. The number of hydrogen-bond donors (Lipinski definition) is 1. The maximum absolute atomic E-state index is 13.9. The summed E-state index contributed by atoms with van der Waals surface area (Å²) in [7, 11) is 0. The molecule has 0 saturated heterocycles. The van der Waals surface area contributed by atoms with Gasteiger partial charge in [0.2, 0.25) is 5.91 Å². The van der Waals surface area contributed by atoms with Crippen molar-refractivity contribution in [2.24, 2.45) is 0 Å². The third kappa shape index (κ3) is 4.55. The highest BCUT2D eigenvalue weighted by molar-refractivity contribution is 8.00. The van der Waals surface area contributed by atoms with Crippen molar-refractivity contribution >= 4 is 39.2 Å². The highest BCUT2D eigenvalue weighted by Crippen LogP contribution is 2.35. The van der Waals surface area contributed by atoms with Crippen LogP contribution in [0.5, 0.6) is 0 Å². The van der Waals surface area contributed by atoms with Crippen LogP contribution in [-0.4, -0.2) is 20.7 Å². The van der Waals surface area contributed by atoms with Crippen molar-refractivity contribution < 1.29 is 4.79 Å². The number of thiophene rings is 1. The minimum atomic E-state index is -0.404. The van der Waals surface area contributed by atoms with Crippen LogP contribution >= 0.6 is 23.1 Å². The molecule has 5 rings (SSSR count). The van der Waals surface area contributed by atoms with E-state index in [1.807, 2.05) is 68.4 Å². The molecule has 4 aromatic rings. The molecular formula is C27H27N3O2S2. The summed E-state index contributed by atoms with van der Waals surface area (Å²) in [5.74, 6) is -0.0792. The summed E-state index contributed by atoms with van der Waals surface area (Å²) in [6.07, 6.45) is 4.22. The second-order valence-electron chi connectivity index (χ2n) is 8.73. The lowest BCUT2D eigenvalue weighted by Gasteiger charge is -2.17. The van der Waals surface area contributed by atoms with Gasteiger partial charge in [-0.1, -0.05) is 54.2 Å². The monoisotopic (exact) mass is 489 g/mol. The lowest BCUT2D eigenvalue weighted by Crippen LogP contribution is -2.31. The van der Waals surface area contributed by atoms with Gasteiger partial charge in [0.15, 0.2) is 5.16 Å². The molecule has 1 N–H and O–H groups in total. The smallest absolute Gasteiger partial charge is 0.267 e. The highest BCUT2D eigenvalue weighted by atomic mass is 32.2. The average Bonchev–Trinajstić information content (AvgIpc) is 3.22. The molecule has 0 spiro atoms. The Bertz CT molecular complexity index is 1410. The summed E-state index contributed by atoms with van der Waals surface area (Å²) in [4.78, 5) is 33.8. The minimum Gasteiger partial charge on any atom is -0.351 e. The molecule has 1 atom stereocenters. The maximum atomic E-state index is 13.9. The number of rotatable bonds is 6. The molecule has 2 heterocycles. The molecule has 1 unspecified atom stereocenters. The van der Waals surface area contributed by atoms with Gasteiger partial charge >= 0.3 is 0 Å². The fourth-order valence-electron chi connectivity index (χ4n) is 4.40. The quantitative estimate of drug-likeness (QED) is 0.290. The van der Waals surface area contributed by atoms with Gasteiger partial charge in [0, 0.05) is 11.4 Å². The van der Waals surface area contributed by atoms with Gasteiger partial charge in [-0.3, -0.25) is 14.2 Å². The molecule has 0 bridgehead atoms. The SMILES string of the molecule is Cc1cccc(-n2c(SC(C)C(=O)NCc3ccccc3)nc3sc4c(c3c2=O)CCCC4)c1. The van der Waals surface area contributed by atoms with Gasteiger partial charge in [-0.05, 0) is 68.4 Å². The van der Waals surface area contributed by atoms with E-state index in [1.54, 1.807) is 15.9 Å². The van der Waals surface area contributed by atoms with Crippen molar-refractivity contribution in [1.29, 1.82) is 0 Å². The van der Waals surface area contributed by atoms with E-state index in [2.05, 4.69) is 5.32 Å². The molecule has 1 aliphatic carbocycles. The number of nitrogens with one attached hydrogen (secondary N) is 1. The van der Waals surface area contributed by atoms with Gasteiger partial charge in [-0.25, -0.2) is 4.98 Å². The van der Waals surface area contributed by atoms with Crippen molar-refractivity contribution in [3.8, 4) is 5.69 Å². The molecule has 0 aliphatic heterocycles. The second kappa shape index (κ2) is 9.76. The minimum absolute atomic E-state index is 0.0330. The van der Waals surface area contributed by atoms with E-state index < -0.39 is 5.25 Å². The fourth-order valence-corrected chi connectivity index (χ4v) is 6.65. The molecule has 2 aromatic heterocycles. The van der Waals surface area contributed by atoms with Crippen LogP contribution in [0.1, 0.15) is 41.3 Å². The van der Waals surface area contributed by atoms with E-state index in [4.69, 9.17) is 4.98 Å². The van der Waals surface area contributed by atoms with E-state index in [1.165, 1.54) is 22.2 Å². The van der Waals surface area contributed by atoms with E-state index in [9.17, 15) is 9.59 Å². The molecule has 2 aromatic carbocycles. The Kier molecular flexibility index (Phi) is 6.57. The van der Waals surface area contributed by atoms with Gasteiger partial charge in [-0.2, -0.15) is 0 Å². The molecule has 0 radical (unpaired) electrons. The second-order valence-corrected chi connectivity index (χ2v) is 11.1. The zero-order chi connectivity index (χ0) is 23.7. The summed E-state index contributed by atoms with van der Waals surface area (Å²) in [5.41, 5.74) is 4.05. The third-order valence-electron chi connectivity index (χ3n) is 6.18. The molecule has 7 heteroatoms. The number of carbonyl (C=O) groups excluding carboxylic acids is 1. The molecule has 1 aliphatic rings. The number of benzene rings is 2. The first-order valence-electron chi connectivity index (χ1n) is 11.6. The van der Waals surface area contributed by atoms with Crippen LogP contribution in [-0.2, 0) is 24.2 Å². The molecule has 1 amide bonds. The third-order valence-corrected chi connectivity index (χ3v) is 8.42. The number of aryl methyl sites for hydroxylation is 3. The van der Waals surface area contributed by atoms with Crippen LogP contribution in [0.4, 0.5) is 0 Å². The van der Waals surface area contributed by atoms with Crippen LogP contribution < -0.4 is 10.9 Å². The molecule has 0 saturated carbocycles. The maximum Gasteiger partial charge on any atom is 0.267 e.